The van der Waals surface area contributed by atoms with Gasteiger partial charge in [0.1, 0.15) is 5.76 Å². The Morgan fingerprint density at radius 2 is 1.94 bits per heavy atom. The molecule has 1 amide bonds. The highest BCUT2D eigenvalue weighted by Gasteiger charge is 2.46. The number of thiophene rings is 1. The van der Waals surface area contributed by atoms with E-state index >= 15 is 0 Å². The summed E-state index contributed by atoms with van der Waals surface area (Å²) in [6, 6.07) is 9.13. The van der Waals surface area contributed by atoms with Crippen molar-refractivity contribution >= 4 is 28.8 Å². The number of aliphatic hydroxyl groups excluding tert-OH is 1. The molecule has 6 heteroatoms. The molecule has 2 heterocycles. The standard InChI is InChI=1S/C26H33NO4S/c1-16(2)31-13-8-12-27-22(20-9-7-14-32-20)21(24(29)25(27)30)23(28)19-15-18(26(4,5)6)11-10-17(19)3/h7,9-11,14-16,22,28H,8,12-13H2,1-6H3/b23-21+. The van der Waals surface area contributed by atoms with Crippen molar-refractivity contribution in [1.29, 1.82) is 0 Å². The number of ketones is 1. The fourth-order valence-electron chi connectivity index (χ4n) is 3.90. The molecular formula is C26H33NO4S. The summed E-state index contributed by atoms with van der Waals surface area (Å²) in [6.07, 6.45) is 0.725. The van der Waals surface area contributed by atoms with Crippen LogP contribution in [0, 0.1) is 6.92 Å². The number of hydrogen-bond acceptors (Lipinski definition) is 5. The second-order valence-electron chi connectivity index (χ2n) is 9.56. The van der Waals surface area contributed by atoms with Crippen molar-refractivity contribution in [3.05, 3.63) is 62.9 Å². The monoisotopic (exact) mass is 455 g/mol. The Kier molecular flexibility index (Phi) is 7.25. The van der Waals surface area contributed by atoms with Crippen LogP contribution < -0.4 is 0 Å². The molecule has 1 aromatic carbocycles. The van der Waals surface area contributed by atoms with Crippen LogP contribution in [0.25, 0.3) is 5.76 Å². The molecule has 1 atom stereocenters. The van der Waals surface area contributed by atoms with E-state index in [2.05, 4.69) is 20.8 Å². The summed E-state index contributed by atoms with van der Waals surface area (Å²) >= 11 is 1.48. The molecule has 1 fully saturated rings. The quantitative estimate of drug-likeness (QED) is 0.256. The number of hydrogen-bond donors (Lipinski definition) is 1. The molecule has 32 heavy (non-hydrogen) atoms. The molecule has 1 aliphatic heterocycles. The number of amides is 1. The van der Waals surface area contributed by atoms with Gasteiger partial charge in [0, 0.05) is 23.6 Å². The van der Waals surface area contributed by atoms with Crippen LogP contribution >= 0.6 is 11.3 Å². The van der Waals surface area contributed by atoms with Gasteiger partial charge in [0.15, 0.2) is 0 Å². The van der Waals surface area contributed by atoms with E-state index in [1.807, 2.05) is 56.5 Å². The summed E-state index contributed by atoms with van der Waals surface area (Å²) in [4.78, 5) is 28.6. The van der Waals surface area contributed by atoms with Crippen molar-refractivity contribution in [1.82, 2.24) is 4.90 Å². The first-order valence-corrected chi connectivity index (χ1v) is 11.9. The van der Waals surface area contributed by atoms with Crippen LogP contribution in [0.2, 0.25) is 0 Å². The predicted octanol–water partition coefficient (Wildman–Crippen LogP) is 5.59. The Hall–Kier alpha value is -2.44. The largest absolute Gasteiger partial charge is 0.507 e. The van der Waals surface area contributed by atoms with E-state index in [1.165, 1.54) is 11.3 Å². The molecule has 5 nitrogen and oxygen atoms in total. The van der Waals surface area contributed by atoms with E-state index in [0.29, 0.717) is 25.1 Å². The van der Waals surface area contributed by atoms with Crippen LogP contribution in [0.4, 0.5) is 0 Å². The zero-order chi connectivity index (χ0) is 23.6. The normalized spacial score (nSPS) is 18.7. The van der Waals surface area contributed by atoms with Crippen molar-refractivity contribution < 1.29 is 19.4 Å². The summed E-state index contributed by atoms with van der Waals surface area (Å²) in [7, 11) is 0. The number of carbonyl (C=O) groups is 2. The maximum Gasteiger partial charge on any atom is 0.295 e. The van der Waals surface area contributed by atoms with E-state index in [-0.39, 0.29) is 22.9 Å². The maximum atomic E-state index is 13.1. The third kappa shape index (κ3) is 4.97. The van der Waals surface area contributed by atoms with Gasteiger partial charge in [0.05, 0.1) is 17.7 Å². The zero-order valence-corrected chi connectivity index (χ0v) is 20.6. The number of likely N-dealkylation sites (tertiary alicyclic amines) is 1. The average molecular weight is 456 g/mol. The highest BCUT2D eigenvalue weighted by molar-refractivity contribution is 7.10. The van der Waals surface area contributed by atoms with E-state index in [1.54, 1.807) is 4.90 Å². The van der Waals surface area contributed by atoms with Gasteiger partial charge in [-0.3, -0.25) is 9.59 Å². The van der Waals surface area contributed by atoms with Crippen molar-refractivity contribution in [3.8, 4) is 0 Å². The molecule has 1 N–H and O–H groups in total. The summed E-state index contributed by atoms with van der Waals surface area (Å²) < 4.78 is 5.61. The van der Waals surface area contributed by atoms with Gasteiger partial charge in [0.2, 0.25) is 0 Å². The Balaban J connectivity index is 2.06. The third-order valence-electron chi connectivity index (χ3n) is 5.71. The Morgan fingerprint density at radius 3 is 2.53 bits per heavy atom. The number of benzene rings is 1. The molecule has 0 spiro atoms. The molecule has 1 saturated heterocycles. The van der Waals surface area contributed by atoms with E-state index in [9.17, 15) is 14.7 Å². The highest BCUT2D eigenvalue weighted by atomic mass is 32.1. The lowest BCUT2D eigenvalue weighted by molar-refractivity contribution is -0.140. The first kappa shape index (κ1) is 24.2. The van der Waals surface area contributed by atoms with Crippen molar-refractivity contribution in [2.75, 3.05) is 13.2 Å². The van der Waals surface area contributed by atoms with Crippen molar-refractivity contribution in [2.45, 2.75) is 65.5 Å². The number of aliphatic hydroxyl groups is 1. The Morgan fingerprint density at radius 1 is 1.22 bits per heavy atom. The number of aryl methyl sites for hydroxylation is 1. The molecule has 3 rings (SSSR count). The molecule has 1 aliphatic rings. The lowest BCUT2D eigenvalue weighted by Crippen LogP contribution is -2.31. The number of nitrogens with zero attached hydrogens (tertiary/aromatic N) is 1. The first-order chi connectivity index (χ1) is 15.0. The third-order valence-corrected chi connectivity index (χ3v) is 6.63. The van der Waals surface area contributed by atoms with Crippen LogP contribution in [-0.2, 0) is 19.7 Å². The van der Waals surface area contributed by atoms with E-state index in [4.69, 9.17) is 4.74 Å². The van der Waals surface area contributed by atoms with Gasteiger partial charge < -0.3 is 14.7 Å². The van der Waals surface area contributed by atoms with Crippen molar-refractivity contribution in [3.63, 3.8) is 0 Å². The molecule has 1 aromatic heterocycles. The second kappa shape index (κ2) is 9.59. The average Bonchev–Trinajstić information content (AvgIpc) is 3.32. The van der Waals surface area contributed by atoms with Crippen LogP contribution in [0.1, 0.15) is 68.6 Å². The van der Waals surface area contributed by atoms with Crippen molar-refractivity contribution in [2.24, 2.45) is 0 Å². The zero-order valence-electron chi connectivity index (χ0n) is 19.8. The summed E-state index contributed by atoms with van der Waals surface area (Å²) in [6.45, 7) is 13.0. The fourth-order valence-corrected chi connectivity index (χ4v) is 4.74. The van der Waals surface area contributed by atoms with Gasteiger partial charge in [0.25, 0.3) is 11.7 Å². The molecular weight excluding hydrogens is 422 g/mol. The number of carbonyl (C=O) groups excluding carboxylic acids is 2. The molecule has 2 aromatic rings. The molecule has 1 unspecified atom stereocenters. The number of ether oxygens (including phenoxy) is 1. The van der Waals surface area contributed by atoms with Crippen LogP contribution in [0.5, 0.6) is 0 Å². The van der Waals surface area contributed by atoms with Gasteiger partial charge >= 0.3 is 0 Å². The minimum atomic E-state index is -0.633. The second-order valence-corrected chi connectivity index (χ2v) is 10.5. The van der Waals surface area contributed by atoms with Gasteiger partial charge in [-0.05, 0) is 61.2 Å². The minimum Gasteiger partial charge on any atom is -0.507 e. The lowest BCUT2D eigenvalue weighted by Gasteiger charge is -2.25. The van der Waals surface area contributed by atoms with Crippen LogP contribution in [0.15, 0.2) is 41.3 Å². The topological polar surface area (TPSA) is 66.8 Å². The van der Waals surface area contributed by atoms with Gasteiger partial charge in [-0.25, -0.2) is 0 Å². The summed E-state index contributed by atoms with van der Waals surface area (Å²) in [5.74, 6) is -1.31. The Bertz CT molecular complexity index is 1010. The molecule has 0 aliphatic carbocycles. The minimum absolute atomic E-state index is 0.105. The lowest BCUT2D eigenvalue weighted by atomic mass is 9.84. The van der Waals surface area contributed by atoms with Gasteiger partial charge in [-0.1, -0.05) is 39.0 Å². The number of Topliss-reactive ketones (excluding diaryl/α,β-unsaturated/α-hetero) is 1. The van der Waals surface area contributed by atoms with Gasteiger partial charge in [-0.2, -0.15) is 0 Å². The molecule has 0 radical (unpaired) electrons. The van der Waals surface area contributed by atoms with E-state index < -0.39 is 17.7 Å². The fraction of sp³-hybridized carbons (Fsp3) is 0.462. The first-order valence-electron chi connectivity index (χ1n) is 11.1. The van der Waals surface area contributed by atoms with Crippen LogP contribution in [-0.4, -0.2) is 41.0 Å². The smallest absolute Gasteiger partial charge is 0.295 e. The predicted molar refractivity (Wildman–Crippen MR) is 129 cm³/mol. The molecule has 172 valence electrons. The summed E-state index contributed by atoms with van der Waals surface area (Å²) in [5, 5.41) is 13.3. The Labute approximate surface area is 194 Å². The number of rotatable bonds is 7. The van der Waals surface area contributed by atoms with Gasteiger partial charge in [-0.15, -0.1) is 11.3 Å². The van der Waals surface area contributed by atoms with E-state index in [0.717, 1.165) is 16.0 Å². The summed E-state index contributed by atoms with van der Waals surface area (Å²) in [5.41, 5.74) is 2.56. The van der Waals surface area contributed by atoms with Crippen LogP contribution in [0.3, 0.4) is 0 Å². The maximum absolute atomic E-state index is 13.1. The molecule has 0 bridgehead atoms. The highest BCUT2D eigenvalue weighted by Crippen LogP contribution is 2.42. The molecule has 0 saturated carbocycles. The SMILES string of the molecule is Cc1ccc(C(C)(C)C)cc1/C(O)=C1\C(=O)C(=O)N(CCCOC(C)C)C1c1cccs1.